The maximum Gasteiger partial charge on any atom is 0.200 e. The number of benzene rings is 2. The predicted octanol–water partition coefficient (Wildman–Crippen LogP) is 9.23. The van der Waals surface area contributed by atoms with Crippen molar-refractivity contribution < 1.29 is 22.3 Å². The van der Waals surface area contributed by atoms with E-state index in [1.165, 1.54) is 6.07 Å². The van der Waals surface area contributed by atoms with Gasteiger partial charge in [0.15, 0.2) is 23.2 Å². The predicted molar refractivity (Wildman–Crippen MR) is 132 cm³/mol. The second kappa shape index (κ2) is 11.8. The number of halogens is 4. The first-order valence-corrected chi connectivity index (χ1v) is 13.5. The molecule has 2 saturated carbocycles. The highest BCUT2D eigenvalue weighted by atomic mass is 19.2. The quantitative estimate of drug-likeness (QED) is 0.335. The molecular weight excluding hydrogens is 452 g/mol. The third kappa shape index (κ3) is 5.86. The van der Waals surface area contributed by atoms with E-state index in [9.17, 15) is 8.78 Å². The van der Waals surface area contributed by atoms with Crippen LogP contribution in [-0.2, 0) is 6.42 Å². The summed E-state index contributed by atoms with van der Waals surface area (Å²) in [6.45, 7) is 4.42. The molecular formula is C30H38F4O. The van der Waals surface area contributed by atoms with E-state index in [4.69, 9.17) is 4.74 Å². The largest absolute Gasteiger partial charge is 0.490 e. The molecule has 1 nitrogen and oxygen atoms in total. The van der Waals surface area contributed by atoms with Crippen molar-refractivity contribution in [2.24, 2.45) is 11.8 Å². The summed E-state index contributed by atoms with van der Waals surface area (Å²) in [7, 11) is 0. The average molecular weight is 491 g/mol. The van der Waals surface area contributed by atoms with Crippen LogP contribution in [-0.4, -0.2) is 6.61 Å². The summed E-state index contributed by atoms with van der Waals surface area (Å²) in [6.07, 6.45) is 9.49. The van der Waals surface area contributed by atoms with E-state index >= 15 is 8.78 Å². The van der Waals surface area contributed by atoms with E-state index in [1.54, 1.807) is 12.1 Å². The molecule has 2 aromatic rings. The molecule has 2 aromatic carbocycles. The lowest BCUT2D eigenvalue weighted by molar-refractivity contribution is 0.191. The summed E-state index contributed by atoms with van der Waals surface area (Å²) in [5.41, 5.74) is 1.39. The Morgan fingerprint density at radius 1 is 0.657 bits per heavy atom. The molecule has 4 rings (SSSR count). The van der Waals surface area contributed by atoms with Crippen LogP contribution in [0, 0.1) is 35.1 Å². The van der Waals surface area contributed by atoms with Gasteiger partial charge in [0.2, 0.25) is 5.82 Å². The van der Waals surface area contributed by atoms with E-state index in [-0.39, 0.29) is 23.5 Å². The van der Waals surface area contributed by atoms with Crippen molar-refractivity contribution >= 4 is 0 Å². The lowest BCUT2D eigenvalue weighted by atomic mass is 9.76. The van der Waals surface area contributed by atoms with Gasteiger partial charge in [-0.3, -0.25) is 0 Å². The molecule has 0 unspecified atom stereocenters. The topological polar surface area (TPSA) is 9.23 Å². The van der Waals surface area contributed by atoms with Crippen molar-refractivity contribution in [2.45, 2.75) is 96.3 Å². The van der Waals surface area contributed by atoms with Crippen LogP contribution in [0.4, 0.5) is 17.6 Å². The Morgan fingerprint density at radius 2 is 1.20 bits per heavy atom. The molecule has 0 heterocycles. The van der Waals surface area contributed by atoms with Crippen LogP contribution in [0.1, 0.15) is 107 Å². The number of ether oxygens (including phenoxy) is 1. The summed E-state index contributed by atoms with van der Waals surface area (Å²) in [6, 6.07) is 6.71. The normalized spacial score (nSPS) is 25.0. The van der Waals surface area contributed by atoms with E-state index in [1.807, 2.05) is 13.0 Å². The third-order valence-corrected chi connectivity index (χ3v) is 8.41. The summed E-state index contributed by atoms with van der Waals surface area (Å²) in [5.74, 6) is -2.14. The molecule has 0 bridgehead atoms. The number of hydrogen-bond donors (Lipinski definition) is 0. The second-order valence-corrected chi connectivity index (χ2v) is 10.6. The molecule has 0 radical (unpaired) electrons. The van der Waals surface area contributed by atoms with Gasteiger partial charge in [-0.15, -0.1) is 0 Å². The Morgan fingerprint density at radius 3 is 1.71 bits per heavy atom. The molecule has 0 saturated heterocycles. The van der Waals surface area contributed by atoms with Crippen molar-refractivity contribution in [1.29, 1.82) is 0 Å². The van der Waals surface area contributed by atoms with Crippen LogP contribution >= 0.6 is 0 Å². The molecule has 35 heavy (non-hydrogen) atoms. The van der Waals surface area contributed by atoms with Gasteiger partial charge in [-0.25, -0.2) is 13.2 Å². The lowest BCUT2D eigenvalue weighted by Gasteiger charge is -2.31. The van der Waals surface area contributed by atoms with E-state index in [2.05, 4.69) is 6.92 Å². The molecule has 0 aromatic heterocycles. The average Bonchev–Trinajstić information content (AvgIpc) is 2.88. The molecule has 0 N–H and O–H groups in total. The van der Waals surface area contributed by atoms with Crippen molar-refractivity contribution in [3.8, 4) is 5.75 Å². The summed E-state index contributed by atoms with van der Waals surface area (Å²) in [4.78, 5) is 0. The first kappa shape index (κ1) is 26.0. The fourth-order valence-corrected chi connectivity index (χ4v) is 6.09. The van der Waals surface area contributed by atoms with E-state index < -0.39 is 23.3 Å². The molecule has 192 valence electrons. The molecule has 0 aliphatic heterocycles. The van der Waals surface area contributed by atoms with E-state index in [0.717, 1.165) is 64.2 Å². The van der Waals surface area contributed by atoms with Crippen LogP contribution in [0.15, 0.2) is 24.3 Å². The molecule has 2 fully saturated rings. The first-order chi connectivity index (χ1) is 16.9. The zero-order valence-electron chi connectivity index (χ0n) is 21.0. The van der Waals surface area contributed by atoms with Crippen LogP contribution in [0.5, 0.6) is 5.75 Å². The third-order valence-electron chi connectivity index (χ3n) is 8.41. The van der Waals surface area contributed by atoms with Gasteiger partial charge in [0.05, 0.1) is 6.61 Å². The molecule has 2 aliphatic rings. The van der Waals surface area contributed by atoms with Crippen molar-refractivity contribution in [1.82, 2.24) is 0 Å². The Bertz CT molecular complexity index is 988. The summed E-state index contributed by atoms with van der Waals surface area (Å²) < 4.78 is 64.3. The standard InChI is InChI=1S/C30H38F4O/c1-3-5-23-14-17-26(30(34)27(23)31)35-18-20-8-12-22(13-9-20)25-16-15-24(28(32)29(25)33)21-10-6-19(4-2)7-11-21/h14-17,19-22H,3-13,18H2,1-2H3. The van der Waals surface area contributed by atoms with E-state index in [0.29, 0.717) is 35.6 Å². The summed E-state index contributed by atoms with van der Waals surface area (Å²) in [5, 5.41) is 0. The SMILES string of the molecule is CCCc1ccc(OCC2CCC(c3ccc(C4CCC(CC)CC4)c(F)c3F)CC2)c(F)c1F. The van der Waals surface area contributed by atoms with Crippen LogP contribution in [0.2, 0.25) is 0 Å². The highest BCUT2D eigenvalue weighted by molar-refractivity contribution is 5.32. The van der Waals surface area contributed by atoms with Crippen LogP contribution in [0.3, 0.4) is 0 Å². The van der Waals surface area contributed by atoms with Gasteiger partial charge in [-0.05, 0) is 104 Å². The lowest BCUT2D eigenvalue weighted by Crippen LogP contribution is -2.21. The zero-order chi connectivity index (χ0) is 24.9. The van der Waals surface area contributed by atoms with Crippen LogP contribution < -0.4 is 4.74 Å². The van der Waals surface area contributed by atoms with Crippen LogP contribution in [0.25, 0.3) is 0 Å². The minimum Gasteiger partial charge on any atom is -0.490 e. The maximum atomic E-state index is 15.1. The molecule has 0 atom stereocenters. The van der Waals surface area contributed by atoms with Gasteiger partial charge in [0.1, 0.15) is 0 Å². The molecule has 5 heteroatoms. The minimum absolute atomic E-state index is 0.0202. The Kier molecular flexibility index (Phi) is 8.77. The van der Waals surface area contributed by atoms with Gasteiger partial charge in [0, 0.05) is 0 Å². The number of hydrogen-bond acceptors (Lipinski definition) is 1. The highest BCUT2D eigenvalue weighted by Crippen LogP contribution is 2.42. The smallest absolute Gasteiger partial charge is 0.200 e. The highest BCUT2D eigenvalue weighted by Gasteiger charge is 2.30. The molecule has 2 aliphatic carbocycles. The molecule has 0 spiro atoms. The Balaban J connectivity index is 1.32. The van der Waals surface area contributed by atoms with Crippen molar-refractivity contribution in [2.75, 3.05) is 6.61 Å². The zero-order valence-corrected chi connectivity index (χ0v) is 21.0. The number of rotatable bonds is 8. The second-order valence-electron chi connectivity index (χ2n) is 10.6. The molecule has 0 amide bonds. The van der Waals surface area contributed by atoms with Gasteiger partial charge in [-0.1, -0.05) is 44.9 Å². The fourth-order valence-electron chi connectivity index (χ4n) is 6.09. The van der Waals surface area contributed by atoms with Crippen molar-refractivity contribution in [3.63, 3.8) is 0 Å². The van der Waals surface area contributed by atoms with Gasteiger partial charge in [-0.2, -0.15) is 4.39 Å². The van der Waals surface area contributed by atoms with Gasteiger partial charge < -0.3 is 4.74 Å². The first-order valence-electron chi connectivity index (χ1n) is 13.5. The Labute approximate surface area is 207 Å². The summed E-state index contributed by atoms with van der Waals surface area (Å²) >= 11 is 0. The van der Waals surface area contributed by atoms with Gasteiger partial charge >= 0.3 is 0 Å². The fraction of sp³-hybridized carbons (Fsp3) is 0.600. The van der Waals surface area contributed by atoms with Crippen molar-refractivity contribution in [3.05, 3.63) is 64.2 Å². The Hall–Kier alpha value is -2.04. The minimum atomic E-state index is -0.926. The van der Waals surface area contributed by atoms with Gasteiger partial charge in [0.25, 0.3) is 0 Å². The number of aryl methyl sites for hydroxylation is 1. The maximum absolute atomic E-state index is 15.1. The monoisotopic (exact) mass is 490 g/mol.